The summed E-state index contributed by atoms with van der Waals surface area (Å²) in [5.41, 5.74) is 3.57. The highest BCUT2D eigenvalue weighted by Gasteiger charge is 2.55. The van der Waals surface area contributed by atoms with Crippen LogP contribution in [0.25, 0.3) is 6.08 Å². The minimum Gasteiger partial charge on any atom is -0.507 e. The molecular weight excluding hydrogens is 454 g/mol. The molecule has 2 amide bonds. The molecule has 0 radical (unpaired) electrons. The maximum absolute atomic E-state index is 13.5. The van der Waals surface area contributed by atoms with Crippen molar-refractivity contribution < 1.29 is 24.9 Å². The Morgan fingerprint density at radius 3 is 2.50 bits per heavy atom. The summed E-state index contributed by atoms with van der Waals surface area (Å²) in [5, 5.41) is 31.9. The maximum atomic E-state index is 13.5. The van der Waals surface area contributed by atoms with Gasteiger partial charge < -0.3 is 15.3 Å². The molecule has 6 nitrogen and oxygen atoms in total. The predicted molar refractivity (Wildman–Crippen MR) is 140 cm³/mol. The van der Waals surface area contributed by atoms with Gasteiger partial charge in [-0.3, -0.25) is 14.5 Å². The van der Waals surface area contributed by atoms with Crippen molar-refractivity contribution in [2.45, 2.75) is 90.2 Å². The van der Waals surface area contributed by atoms with E-state index in [1.807, 2.05) is 25.1 Å². The highest BCUT2D eigenvalue weighted by Crippen LogP contribution is 2.47. The lowest BCUT2D eigenvalue weighted by Gasteiger charge is -2.35. The number of allylic oxidation sites excluding steroid dienone is 2. The van der Waals surface area contributed by atoms with E-state index in [0.717, 1.165) is 67.2 Å². The summed E-state index contributed by atoms with van der Waals surface area (Å²) in [5.74, 6) is -1.54. The number of likely N-dealkylation sites (tertiary alicyclic amines) is 1. The number of benzene rings is 1. The molecule has 3 N–H and O–H groups in total. The molecule has 2 fully saturated rings. The van der Waals surface area contributed by atoms with Crippen LogP contribution in [0.1, 0.15) is 83.6 Å². The first-order chi connectivity index (χ1) is 17.4. The Bertz CT molecular complexity index is 1020. The van der Waals surface area contributed by atoms with Crippen LogP contribution in [0.4, 0.5) is 0 Å². The van der Waals surface area contributed by atoms with Crippen LogP contribution in [0.3, 0.4) is 0 Å². The normalized spacial score (nSPS) is 26.5. The SMILES string of the molecule is CCC/C(=C\c1ccccc1O)CC[C@@H](O)C1=C(C)C[C@H]2C(=O)N(C3CCCCC3)C(=O)[C@H]2[C@H]1CO. The van der Waals surface area contributed by atoms with E-state index in [0.29, 0.717) is 19.3 Å². The Balaban J connectivity index is 1.52. The van der Waals surface area contributed by atoms with Gasteiger partial charge in [-0.2, -0.15) is 0 Å². The van der Waals surface area contributed by atoms with Crippen LogP contribution >= 0.6 is 0 Å². The highest BCUT2D eigenvalue weighted by atomic mass is 16.3. The lowest BCUT2D eigenvalue weighted by Crippen LogP contribution is -2.42. The zero-order valence-corrected chi connectivity index (χ0v) is 21.7. The second kappa shape index (κ2) is 11.7. The summed E-state index contributed by atoms with van der Waals surface area (Å²) < 4.78 is 0. The molecule has 6 heteroatoms. The lowest BCUT2D eigenvalue weighted by atomic mass is 9.68. The number of carbonyl (C=O) groups excluding carboxylic acids is 2. The molecule has 0 spiro atoms. The molecule has 3 aliphatic rings. The van der Waals surface area contributed by atoms with Crippen molar-refractivity contribution in [3.63, 3.8) is 0 Å². The lowest BCUT2D eigenvalue weighted by molar-refractivity contribution is -0.143. The number of para-hydroxylation sites is 1. The van der Waals surface area contributed by atoms with Crippen molar-refractivity contribution in [3.8, 4) is 5.75 Å². The Morgan fingerprint density at radius 1 is 1.11 bits per heavy atom. The number of aliphatic hydroxyl groups excluding tert-OH is 2. The molecule has 0 aromatic heterocycles. The second-order valence-corrected chi connectivity index (χ2v) is 10.9. The summed E-state index contributed by atoms with van der Waals surface area (Å²) in [4.78, 5) is 28.4. The zero-order chi connectivity index (χ0) is 25.8. The fraction of sp³-hybridized carbons (Fsp3) is 0.600. The van der Waals surface area contributed by atoms with Crippen molar-refractivity contribution in [1.82, 2.24) is 4.90 Å². The summed E-state index contributed by atoms with van der Waals surface area (Å²) in [6.07, 6.45) is 9.55. The van der Waals surface area contributed by atoms with Gasteiger partial charge in [-0.05, 0) is 57.1 Å². The van der Waals surface area contributed by atoms with E-state index in [9.17, 15) is 24.9 Å². The first kappa shape index (κ1) is 26.6. The van der Waals surface area contributed by atoms with Crippen molar-refractivity contribution in [3.05, 3.63) is 46.5 Å². The van der Waals surface area contributed by atoms with Crippen molar-refractivity contribution >= 4 is 17.9 Å². The number of imide groups is 1. The minimum atomic E-state index is -0.792. The second-order valence-electron chi connectivity index (χ2n) is 10.9. The quantitative estimate of drug-likeness (QED) is 0.332. The van der Waals surface area contributed by atoms with Crippen molar-refractivity contribution in [1.29, 1.82) is 0 Å². The Kier molecular flexibility index (Phi) is 8.68. The molecule has 1 saturated heterocycles. The van der Waals surface area contributed by atoms with E-state index in [2.05, 4.69) is 6.92 Å². The van der Waals surface area contributed by atoms with Crippen LogP contribution in [-0.2, 0) is 9.59 Å². The molecule has 1 aromatic rings. The number of amides is 2. The standard InChI is InChI=1S/C30H41NO5/c1-3-9-20(17-21-10-7-8-13-25(21)33)14-15-26(34)27-19(2)16-23-28(24(27)18-32)30(36)31(29(23)35)22-11-5-4-6-12-22/h7-8,10,13,17,22-24,26,28,32-34H,3-6,9,11-12,14-16,18H2,1-2H3/b20-17+/t23-,24+,26-,28-/m1/s1. The minimum absolute atomic E-state index is 0.0199. The molecule has 1 saturated carbocycles. The van der Waals surface area contributed by atoms with Crippen molar-refractivity contribution in [2.24, 2.45) is 17.8 Å². The number of carbonyl (C=O) groups is 2. The van der Waals surface area contributed by atoms with E-state index < -0.39 is 23.9 Å². The first-order valence-electron chi connectivity index (χ1n) is 13.7. The molecule has 1 aliphatic heterocycles. The van der Waals surface area contributed by atoms with Crippen molar-refractivity contribution in [2.75, 3.05) is 6.61 Å². The van der Waals surface area contributed by atoms with E-state index in [-0.39, 0.29) is 30.2 Å². The number of hydrogen-bond acceptors (Lipinski definition) is 5. The Hall–Kier alpha value is -2.44. The molecule has 4 atom stereocenters. The van der Waals surface area contributed by atoms with Gasteiger partial charge in [-0.1, -0.05) is 68.0 Å². The third kappa shape index (κ3) is 5.30. The Morgan fingerprint density at radius 2 is 1.83 bits per heavy atom. The summed E-state index contributed by atoms with van der Waals surface area (Å²) in [6.45, 7) is 3.78. The summed E-state index contributed by atoms with van der Waals surface area (Å²) in [6, 6.07) is 7.20. The third-order valence-corrected chi connectivity index (χ3v) is 8.46. The molecule has 1 aromatic carbocycles. The van der Waals surface area contributed by atoms with Gasteiger partial charge in [-0.25, -0.2) is 0 Å². The average Bonchev–Trinajstić information content (AvgIpc) is 3.12. The molecule has 36 heavy (non-hydrogen) atoms. The molecule has 0 unspecified atom stereocenters. The van der Waals surface area contributed by atoms with Gasteiger partial charge in [0.15, 0.2) is 0 Å². The number of aromatic hydroxyl groups is 1. The third-order valence-electron chi connectivity index (χ3n) is 8.46. The van der Waals surface area contributed by atoms with Crippen LogP contribution in [0.15, 0.2) is 41.0 Å². The van der Waals surface area contributed by atoms with Crippen LogP contribution in [0.5, 0.6) is 5.75 Å². The van der Waals surface area contributed by atoms with E-state index in [1.54, 1.807) is 12.1 Å². The van der Waals surface area contributed by atoms with Gasteiger partial charge in [0.2, 0.25) is 11.8 Å². The highest BCUT2D eigenvalue weighted by molar-refractivity contribution is 6.06. The fourth-order valence-corrected chi connectivity index (χ4v) is 6.74. The zero-order valence-electron chi connectivity index (χ0n) is 21.7. The first-order valence-corrected chi connectivity index (χ1v) is 13.7. The smallest absolute Gasteiger partial charge is 0.234 e. The van der Waals surface area contributed by atoms with Crippen LogP contribution in [-0.4, -0.2) is 50.8 Å². The van der Waals surface area contributed by atoms with E-state index in [4.69, 9.17) is 0 Å². The number of phenolic OH excluding ortho intramolecular Hbond substituents is 1. The van der Waals surface area contributed by atoms with Gasteiger partial charge in [0, 0.05) is 17.5 Å². The van der Waals surface area contributed by atoms with Gasteiger partial charge in [0.1, 0.15) is 5.75 Å². The number of fused-ring (bicyclic) bond motifs is 1. The fourth-order valence-electron chi connectivity index (χ4n) is 6.74. The van der Waals surface area contributed by atoms with Gasteiger partial charge in [0.05, 0.1) is 24.5 Å². The predicted octanol–water partition coefficient (Wildman–Crippen LogP) is 4.98. The topological polar surface area (TPSA) is 98.1 Å². The number of phenols is 1. The summed E-state index contributed by atoms with van der Waals surface area (Å²) in [7, 11) is 0. The number of aliphatic hydroxyl groups is 2. The number of nitrogens with zero attached hydrogens (tertiary/aromatic N) is 1. The van der Waals surface area contributed by atoms with Crippen LogP contribution in [0.2, 0.25) is 0 Å². The summed E-state index contributed by atoms with van der Waals surface area (Å²) >= 11 is 0. The van der Waals surface area contributed by atoms with Crippen LogP contribution < -0.4 is 0 Å². The number of rotatable bonds is 9. The van der Waals surface area contributed by atoms with E-state index in [1.165, 1.54) is 4.90 Å². The molecule has 2 aliphatic carbocycles. The van der Waals surface area contributed by atoms with Gasteiger partial charge in [0.25, 0.3) is 0 Å². The van der Waals surface area contributed by atoms with E-state index >= 15 is 0 Å². The number of hydrogen-bond donors (Lipinski definition) is 3. The van der Waals surface area contributed by atoms with Crippen LogP contribution in [0, 0.1) is 17.8 Å². The van der Waals surface area contributed by atoms with Gasteiger partial charge in [-0.15, -0.1) is 0 Å². The average molecular weight is 496 g/mol. The van der Waals surface area contributed by atoms with Gasteiger partial charge >= 0.3 is 0 Å². The molecular formula is C30H41NO5. The monoisotopic (exact) mass is 495 g/mol. The molecule has 1 heterocycles. The maximum Gasteiger partial charge on any atom is 0.234 e. The molecule has 0 bridgehead atoms. The molecule has 196 valence electrons. The Labute approximate surface area is 214 Å². The largest absolute Gasteiger partial charge is 0.507 e. The molecule has 4 rings (SSSR count).